The minimum absolute atomic E-state index is 0.137. The van der Waals surface area contributed by atoms with Crippen molar-refractivity contribution >= 4 is 6.01 Å². The largest absolute Gasteiger partial charge is 0.493 e. The Bertz CT molecular complexity index is 588. The number of hydrogen-bond donors (Lipinski definition) is 1. The van der Waals surface area contributed by atoms with Gasteiger partial charge in [-0.2, -0.15) is 4.98 Å². The number of benzene rings is 1. The Hall–Kier alpha value is -2.24. The maximum Gasteiger partial charge on any atom is 0.322 e. The Balaban J connectivity index is 2.28. The molecule has 0 amide bonds. The van der Waals surface area contributed by atoms with Gasteiger partial charge in [0, 0.05) is 11.1 Å². The average Bonchev–Trinajstić information content (AvgIpc) is 2.84. The number of nitrogens with one attached hydrogen (secondary N) is 1. The van der Waals surface area contributed by atoms with Gasteiger partial charge in [0.05, 0.1) is 14.2 Å². The molecule has 20 heavy (non-hydrogen) atoms. The molecule has 0 aliphatic rings. The summed E-state index contributed by atoms with van der Waals surface area (Å²) in [4.78, 5) is 4.31. The zero-order chi connectivity index (χ0) is 14.8. The van der Waals surface area contributed by atoms with Gasteiger partial charge in [-0.05, 0) is 39.0 Å². The maximum atomic E-state index is 5.26. The van der Waals surface area contributed by atoms with Crippen LogP contribution in [0.4, 0.5) is 6.01 Å². The molecular formula is C14H19N3O3. The lowest BCUT2D eigenvalue weighted by molar-refractivity contribution is 0.355. The molecule has 6 heteroatoms. The first-order valence-electron chi connectivity index (χ1n) is 6.27. The summed E-state index contributed by atoms with van der Waals surface area (Å²) >= 11 is 0. The molecule has 0 saturated heterocycles. The molecule has 0 radical (unpaired) electrons. The predicted molar refractivity (Wildman–Crippen MR) is 76.2 cm³/mol. The summed E-state index contributed by atoms with van der Waals surface area (Å²) in [5.41, 5.74) is 0.662. The Morgan fingerprint density at radius 1 is 1.10 bits per heavy atom. The van der Waals surface area contributed by atoms with Crippen LogP contribution >= 0.6 is 0 Å². The van der Waals surface area contributed by atoms with Crippen molar-refractivity contribution in [2.45, 2.75) is 26.3 Å². The number of anilines is 1. The van der Waals surface area contributed by atoms with Gasteiger partial charge in [-0.1, -0.05) is 5.16 Å². The normalized spacial score (nSPS) is 11.2. The van der Waals surface area contributed by atoms with Gasteiger partial charge in [0.2, 0.25) is 5.82 Å². The van der Waals surface area contributed by atoms with Gasteiger partial charge in [0.1, 0.15) is 0 Å². The second-order valence-corrected chi connectivity index (χ2v) is 5.37. The highest BCUT2D eigenvalue weighted by Gasteiger charge is 2.16. The van der Waals surface area contributed by atoms with Gasteiger partial charge in [-0.25, -0.2) is 0 Å². The number of rotatable bonds is 4. The fourth-order valence-corrected chi connectivity index (χ4v) is 1.69. The minimum atomic E-state index is -0.137. The van der Waals surface area contributed by atoms with E-state index >= 15 is 0 Å². The third-order valence-corrected chi connectivity index (χ3v) is 2.55. The van der Waals surface area contributed by atoms with E-state index in [9.17, 15) is 0 Å². The summed E-state index contributed by atoms with van der Waals surface area (Å²) < 4.78 is 15.6. The summed E-state index contributed by atoms with van der Waals surface area (Å²) in [5.74, 6) is 1.78. The zero-order valence-electron chi connectivity index (χ0n) is 12.4. The summed E-state index contributed by atoms with van der Waals surface area (Å²) in [7, 11) is 3.18. The van der Waals surface area contributed by atoms with Crippen molar-refractivity contribution in [3.05, 3.63) is 18.2 Å². The van der Waals surface area contributed by atoms with E-state index in [1.54, 1.807) is 20.3 Å². The highest BCUT2D eigenvalue weighted by Crippen LogP contribution is 2.31. The van der Waals surface area contributed by atoms with Crippen molar-refractivity contribution in [2.75, 3.05) is 19.5 Å². The van der Waals surface area contributed by atoms with Crippen LogP contribution in [0.15, 0.2) is 22.7 Å². The zero-order valence-corrected chi connectivity index (χ0v) is 12.4. The molecule has 1 aromatic heterocycles. The molecule has 0 saturated carbocycles. The van der Waals surface area contributed by atoms with Gasteiger partial charge in [-0.15, -0.1) is 0 Å². The van der Waals surface area contributed by atoms with Crippen molar-refractivity contribution in [3.8, 4) is 22.9 Å². The first kappa shape index (κ1) is 14.2. The fourth-order valence-electron chi connectivity index (χ4n) is 1.69. The molecule has 0 unspecified atom stereocenters. The summed E-state index contributed by atoms with van der Waals surface area (Å²) in [6, 6.07) is 5.86. The van der Waals surface area contributed by atoms with Crippen molar-refractivity contribution < 1.29 is 14.0 Å². The second kappa shape index (κ2) is 5.40. The second-order valence-electron chi connectivity index (χ2n) is 5.37. The lowest BCUT2D eigenvalue weighted by Crippen LogP contribution is -2.26. The molecule has 1 aromatic carbocycles. The van der Waals surface area contributed by atoms with Crippen molar-refractivity contribution in [1.29, 1.82) is 0 Å². The Morgan fingerprint density at radius 3 is 2.40 bits per heavy atom. The van der Waals surface area contributed by atoms with Crippen molar-refractivity contribution in [3.63, 3.8) is 0 Å². The number of methoxy groups -OCH3 is 2. The van der Waals surface area contributed by atoms with Crippen molar-refractivity contribution in [1.82, 2.24) is 10.1 Å². The van der Waals surface area contributed by atoms with Crippen LogP contribution in [0.2, 0.25) is 0 Å². The lowest BCUT2D eigenvalue weighted by Gasteiger charge is -2.17. The Morgan fingerprint density at radius 2 is 1.80 bits per heavy atom. The Labute approximate surface area is 118 Å². The highest BCUT2D eigenvalue weighted by atomic mass is 16.5. The summed E-state index contributed by atoms with van der Waals surface area (Å²) in [6.45, 7) is 6.06. The Kier molecular flexibility index (Phi) is 3.83. The highest BCUT2D eigenvalue weighted by molar-refractivity contribution is 5.61. The molecule has 1 N–H and O–H groups in total. The molecule has 0 aliphatic carbocycles. The van der Waals surface area contributed by atoms with Crippen LogP contribution in [-0.4, -0.2) is 29.9 Å². The molecule has 0 bridgehead atoms. The molecule has 6 nitrogen and oxygen atoms in total. The molecule has 0 aliphatic heterocycles. The molecular weight excluding hydrogens is 258 g/mol. The molecule has 2 rings (SSSR count). The minimum Gasteiger partial charge on any atom is -0.493 e. The standard InChI is InChI=1S/C14H19N3O3/c1-14(2,3)16-13-15-12(17-20-13)9-6-7-10(18-4)11(8-9)19-5/h6-8H,1-5H3,(H,15,16,17). The van der Waals surface area contributed by atoms with E-state index in [0.29, 0.717) is 23.3 Å². The maximum absolute atomic E-state index is 5.26. The van der Waals surface area contributed by atoms with E-state index < -0.39 is 0 Å². The van der Waals surface area contributed by atoms with Crippen LogP contribution in [-0.2, 0) is 0 Å². The van der Waals surface area contributed by atoms with E-state index in [2.05, 4.69) is 15.5 Å². The van der Waals surface area contributed by atoms with Gasteiger partial charge < -0.3 is 19.3 Å². The average molecular weight is 277 g/mol. The van der Waals surface area contributed by atoms with Gasteiger partial charge >= 0.3 is 6.01 Å². The van der Waals surface area contributed by atoms with Crippen LogP contribution in [0, 0.1) is 0 Å². The van der Waals surface area contributed by atoms with E-state index in [0.717, 1.165) is 5.56 Å². The van der Waals surface area contributed by atoms with Crippen LogP contribution in [0.3, 0.4) is 0 Å². The van der Waals surface area contributed by atoms with Crippen LogP contribution in [0.1, 0.15) is 20.8 Å². The van der Waals surface area contributed by atoms with E-state index in [1.807, 2.05) is 32.9 Å². The third kappa shape index (κ3) is 3.20. The smallest absolute Gasteiger partial charge is 0.322 e. The lowest BCUT2D eigenvalue weighted by atomic mass is 10.1. The molecule has 108 valence electrons. The SMILES string of the molecule is COc1ccc(-c2noc(NC(C)(C)C)n2)cc1OC. The fraction of sp³-hybridized carbons (Fsp3) is 0.429. The number of ether oxygens (including phenoxy) is 2. The van der Waals surface area contributed by atoms with Crippen LogP contribution in [0.5, 0.6) is 11.5 Å². The number of hydrogen-bond acceptors (Lipinski definition) is 6. The van der Waals surface area contributed by atoms with Crippen LogP contribution < -0.4 is 14.8 Å². The van der Waals surface area contributed by atoms with Gasteiger partial charge in [0.25, 0.3) is 0 Å². The van der Waals surface area contributed by atoms with Gasteiger partial charge in [-0.3, -0.25) is 0 Å². The topological polar surface area (TPSA) is 69.4 Å². The molecule has 0 spiro atoms. The molecule has 0 atom stereocenters. The summed E-state index contributed by atoms with van der Waals surface area (Å²) in [6.07, 6.45) is 0. The molecule has 2 aromatic rings. The quantitative estimate of drug-likeness (QED) is 0.926. The predicted octanol–water partition coefficient (Wildman–Crippen LogP) is 2.96. The number of aromatic nitrogens is 2. The number of nitrogens with zero attached hydrogens (tertiary/aromatic N) is 2. The summed E-state index contributed by atoms with van der Waals surface area (Å²) in [5, 5.41) is 7.08. The van der Waals surface area contributed by atoms with E-state index in [4.69, 9.17) is 14.0 Å². The first-order valence-corrected chi connectivity index (χ1v) is 6.27. The van der Waals surface area contributed by atoms with E-state index in [1.165, 1.54) is 0 Å². The molecule has 1 heterocycles. The van der Waals surface area contributed by atoms with Crippen molar-refractivity contribution in [2.24, 2.45) is 0 Å². The van der Waals surface area contributed by atoms with E-state index in [-0.39, 0.29) is 5.54 Å². The monoisotopic (exact) mass is 277 g/mol. The first-order chi connectivity index (χ1) is 9.43. The third-order valence-electron chi connectivity index (χ3n) is 2.55. The van der Waals surface area contributed by atoms with Gasteiger partial charge in [0.15, 0.2) is 11.5 Å². The molecule has 0 fully saturated rings. The van der Waals surface area contributed by atoms with Crippen LogP contribution in [0.25, 0.3) is 11.4 Å².